The van der Waals surface area contributed by atoms with Crippen LogP contribution in [0.15, 0.2) is 17.5 Å². The summed E-state index contributed by atoms with van der Waals surface area (Å²) in [6.07, 6.45) is 10.6. The van der Waals surface area contributed by atoms with Crippen LogP contribution in [0.25, 0.3) is 0 Å². The van der Waals surface area contributed by atoms with E-state index in [4.69, 9.17) is 5.73 Å². The van der Waals surface area contributed by atoms with Gasteiger partial charge in [-0.3, -0.25) is 0 Å². The zero-order valence-corrected chi connectivity index (χ0v) is 12.4. The Morgan fingerprint density at radius 2 is 2.22 bits per heavy atom. The molecular formula is C16H27NS. The lowest BCUT2D eigenvalue weighted by molar-refractivity contribution is 0.189. The summed E-state index contributed by atoms with van der Waals surface area (Å²) in [6.45, 7) is 2.33. The highest BCUT2D eigenvalue weighted by Crippen LogP contribution is 2.35. The summed E-state index contributed by atoms with van der Waals surface area (Å²) in [5.41, 5.74) is 6.46. The van der Waals surface area contributed by atoms with Crippen LogP contribution in [0.4, 0.5) is 0 Å². The van der Waals surface area contributed by atoms with E-state index in [9.17, 15) is 0 Å². The molecule has 1 heterocycles. The average Bonchev–Trinajstić information content (AvgIpc) is 2.91. The van der Waals surface area contributed by atoms with Crippen LogP contribution in [-0.2, 0) is 6.42 Å². The molecule has 0 amide bonds. The van der Waals surface area contributed by atoms with Gasteiger partial charge < -0.3 is 5.73 Å². The smallest absolute Gasteiger partial charge is 0.00699 e. The summed E-state index contributed by atoms with van der Waals surface area (Å²) in [7, 11) is 0. The van der Waals surface area contributed by atoms with Gasteiger partial charge in [-0.1, -0.05) is 38.7 Å². The minimum atomic E-state index is 0.440. The van der Waals surface area contributed by atoms with Crippen molar-refractivity contribution in [2.45, 2.75) is 64.3 Å². The highest BCUT2D eigenvalue weighted by molar-refractivity contribution is 7.09. The van der Waals surface area contributed by atoms with E-state index in [1.54, 1.807) is 0 Å². The molecule has 1 aromatic heterocycles. The van der Waals surface area contributed by atoms with Crippen molar-refractivity contribution in [3.63, 3.8) is 0 Å². The van der Waals surface area contributed by atoms with Crippen LogP contribution in [0.2, 0.25) is 0 Å². The summed E-state index contributed by atoms with van der Waals surface area (Å²) in [5, 5.41) is 2.17. The fourth-order valence-corrected chi connectivity index (χ4v) is 4.24. The van der Waals surface area contributed by atoms with Gasteiger partial charge in [0.2, 0.25) is 0 Å². The molecule has 1 fully saturated rings. The first-order valence-corrected chi connectivity index (χ1v) is 8.47. The van der Waals surface area contributed by atoms with Crippen LogP contribution in [0, 0.1) is 11.8 Å². The molecule has 18 heavy (non-hydrogen) atoms. The molecule has 1 aliphatic carbocycles. The Kier molecular flexibility index (Phi) is 5.71. The first-order chi connectivity index (χ1) is 8.81. The third-order valence-electron chi connectivity index (χ3n) is 4.58. The summed E-state index contributed by atoms with van der Waals surface area (Å²) in [4.78, 5) is 1.51. The molecule has 102 valence electrons. The van der Waals surface area contributed by atoms with Crippen LogP contribution in [0.3, 0.4) is 0 Å². The molecule has 0 spiro atoms. The summed E-state index contributed by atoms with van der Waals surface area (Å²) in [6, 6.07) is 4.83. The predicted octanol–water partition coefficient (Wildman–Crippen LogP) is 4.61. The quantitative estimate of drug-likeness (QED) is 0.798. The van der Waals surface area contributed by atoms with Crippen molar-refractivity contribution in [2.24, 2.45) is 17.6 Å². The number of thiophene rings is 1. The fourth-order valence-electron chi connectivity index (χ4n) is 3.49. The van der Waals surface area contributed by atoms with Crippen molar-refractivity contribution >= 4 is 11.3 Å². The minimum Gasteiger partial charge on any atom is -0.327 e. The highest BCUT2D eigenvalue weighted by Gasteiger charge is 2.28. The monoisotopic (exact) mass is 265 g/mol. The van der Waals surface area contributed by atoms with E-state index in [0.29, 0.717) is 6.04 Å². The number of aryl methyl sites for hydroxylation is 1. The maximum atomic E-state index is 6.46. The van der Waals surface area contributed by atoms with E-state index in [1.807, 2.05) is 11.3 Å². The average molecular weight is 265 g/mol. The SMILES string of the molecule is CCC1CCCCC1C(N)CCCc1cccs1. The normalized spacial score (nSPS) is 26.1. The first-order valence-electron chi connectivity index (χ1n) is 7.59. The minimum absolute atomic E-state index is 0.440. The maximum absolute atomic E-state index is 6.46. The van der Waals surface area contributed by atoms with Crippen molar-refractivity contribution in [3.05, 3.63) is 22.4 Å². The molecule has 1 nitrogen and oxygen atoms in total. The summed E-state index contributed by atoms with van der Waals surface area (Å²) >= 11 is 1.87. The lowest BCUT2D eigenvalue weighted by atomic mass is 9.73. The zero-order chi connectivity index (χ0) is 12.8. The third-order valence-corrected chi connectivity index (χ3v) is 5.52. The zero-order valence-electron chi connectivity index (χ0n) is 11.6. The molecule has 2 N–H and O–H groups in total. The van der Waals surface area contributed by atoms with Gasteiger partial charge >= 0.3 is 0 Å². The highest BCUT2D eigenvalue weighted by atomic mass is 32.1. The van der Waals surface area contributed by atoms with E-state index < -0.39 is 0 Å². The van der Waals surface area contributed by atoms with Crippen molar-refractivity contribution in [1.29, 1.82) is 0 Å². The third kappa shape index (κ3) is 3.83. The van der Waals surface area contributed by atoms with Crippen molar-refractivity contribution < 1.29 is 0 Å². The second-order valence-corrected chi connectivity index (χ2v) is 6.78. The second-order valence-electron chi connectivity index (χ2n) is 5.75. The number of hydrogen-bond donors (Lipinski definition) is 1. The predicted molar refractivity (Wildman–Crippen MR) is 81.0 cm³/mol. The Labute approximate surface area is 116 Å². The molecule has 1 aromatic rings. The van der Waals surface area contributed by atoms with Crippen LogP contribution in [0.5, 0.6) is 0 Å². The summed E-state index contributed by atoms with van der Waals surface area (Å²) < 4.78 is 0. The standard InChI is InChI=1S/C16H27NS/c1-2-13-7-3-4-10-15(13)16(17)11-5-8-14-9-6-12-18-14/h6,9,12-13,15-16H,2-5,7-8,10-11,17H2,1H3. The van der Waals surface area contributed by atoms with Crippen LogP contribution >= 0.6 is 11.3 Å². The van der Waals surface area contributed by atoms with Gasteiger partial charge in [-0.25, -0.2) is 0 Å². The Bertz CT molecular complexity index is 320. The van der Waals surface area contributed by atoms with E-state index in [0.717, 1.165) is 11.8 Å². The van der Waals surface area contributed by atoms with Crippen LogP contribution in [0.1, 0.15) is 56.7 Å². The Balaban J connectivity index is 1.74. The van der Waals surface area contributed by atoms with E-state index in [-0.39, 0.29) is 0 Å². The van der Waals surface area contributed by atoms with Gasteiger partial charge in [0.25, 0.3) is 0 Å². The maximum Gasteiger partial charge on any atom is 0.00699 e. The molecule has 2 heteroatoms. The van der Waals surface area contributed by atoms with E-state index >= 15 is 0 Å². The molecule has 3 atom stereocenters. The second kappa shape index (κ2) is 7.30. The van der Waals surface area contributed by atoms with E-state index in [2.05, 4.69) is 24.4 Å². The fraction of sp³-hybridized carbons (Fsp3) is 0.750. The van der Waals surface area contributed by atoms with Gasteiger partial charge in [-0.2, -0.15) is 0 Å². The molecular weight excluding hydrogens is 238 g/mol. The molecule has 0 saturated heterocycles. The molecule has 0 aliphatic heterocycles. The number of nitrogens with two attached hydrogens (primary N) is 1. The van der Waals surface area contributed by atoms with Gasteiger partial charge in [-0.15, -0.1) is 11.3 Å². The lowest BCUT2D eigenvalue weighted by Crippen LogP contribution is -2.36. The number of rotatable bonds is 6. The van der Waals surface area contributed by atoms with Gasteiger partial charge in [0.15, 0.2) is 0 Å². The molecule has 0 aromatic carbocycles. The summed E-state index contributed by atoms with van der Waals surface area (Å²) in [5.74, 6) is 1.70. The van der Waals surface area contributed by atoms with Gasteiger partial charge in [0.1, 0.15) is 0 Å². The van der Waals surface area contributed by atoms with E-state index in [1.165, 1.54) is 56.2 Å². The largest absolute Gasteiger partial charge is 0.327 e. The van der Waals surface area contributed by atoms with Crippen LogP contribution < -0.4 is 5.73 Å². The van der Waals surface area contributed by atoms with Gasteiger partial charge in [0.05, 0.1) is 0 Å². The Morgan fingerprint density at radius 3 is 2.94 bits per heavy atom. The molecule has 3 unspecified atom stereocenters. The topological polar surface area (TPSA) is 26.0 Å². The van der Waals surface area contributed by atoms with Crippen molar-refractivity contribution in [3.8, 4) is 0 Å². The number of hydrogen-bond acceptors (Lipinski definition) is 2. The molecule has 1 aliphatic rings. The molecule has 1 saturated carbocycles. The molecule has 0 radical (unpaired) electrons. The Morgan fingerprint density at radius 1 is 1.39 bits per heavy atom. The molecule has 0 bridgehead atoms. The molecule has 2 rings (SSSR count). The first kappa shape index (κ1) is 14.1. The lowest BCUT2D eigenvalue weighted by Gasteiger charge is -2.35. The van der Waals surface area contributed by atoms with Crippen LogP contribution in [-0.4, -0.2) is 6.04 Å². The van der Waals surface area contributed by atoms with Gasteiger partial charge in [0, 0.05) is 10.9 Å². The van der Waals surface area contributed by atoms with Gasteiger partial charge in [-0.05, 0) is 49.0 Å². The van der Waals surface area contributed by atoms with Crippen molar-refractivity contribution in [1.82, 2.24) is 0 Å². The Hall–Kier alpha value is -0.340. The van der Waals surface area contributed by atoms with Crippen molar-refractivity contribution in [2.75, 3.05) is 0 Å².